The molecule has 1 N–H and O–H groups in total. The van der Waals surface area contributed by atoms with Crippen LogP contribution in [-0.2, 0) is 30.5 Å². The second-order valence-electron chi connectivity index (χ2n) is 9.02. The quantitative estimate of drug-likeness (QED) is 0.484. The van der Waals surface area contributed by atoms with Crippen LogP contribution >= 0.6 is 0 Å². The van der Waals surface area contributed by atoms with Crippen molar-refractivity contribution < 1.29 is 23.9 Å². The van der Waals surface area contributed by atoms with Crippen molar-refractivity contribution in [3.8, 4) is 0 Å². The van der Waals surface area contributed by atoms with E-state index < -0.39 is 11.9 Å². The van der Waals surface area contributed by atoms with E-state index in [1.807, 2.05) is 30.3 Å². The van der Waals surface area contributed by atoms with Crippen molar-refractivity contribution in [1.29, 1.82) is 0 Å². The maximum Gasteiger partial charge on any atom is 0.318 e. The van der Waals surface area contributed by atoms with E-state index in [1.165, 1.54) is 12.1 Å². The van der Waals surface area contributed by atoms with Crippen LogP contribution in [0.1, 0.15) is 45.1 Å². The summed E-state index contributed by atoms with van der Waals surface area (Å²) in [4.78, 5) is 40.2. The lowest BCUT2D eigenvalue weighted by Gasteiger charge is -2.41. The first-order valence-corrected chi connectivity index (χ1v) is 11.4. The first kappa shape index (κ1) is 24.2. The Kier molecular flexibility index (Phi) is 8.26. The zero-order valence-electron chi connectivity index (χ0n) is 19.5. The molecule has 176 valence electrons. The number of benzene rings is 1. The Hall–Kier alpha value is -2.45. The molecule has 32 heavy (non-hydrogen) atoms. The molecule has 1 amide bonds. The topological polar surface area (TPSA) is 88.2 Å². The van der Waals surface area contributed by atoms with Crippen molar-refractivity contribution in [3.63, 3.8) is 0 Å². The van der Waals surface area contributed by atoms with Gasteiger partial charge in [0, 0.05) is 24.7 Å². The highest BCUT2D eigenvalue weighted by molar-refractivity contribution is 5.99. The Bertz CT molecular complexity index is 800. The van der Waals surface area contributed by atoms with Gasteiger partial charge in [-0.25, -0.2) is 5.43 Å². The van der Waals surface area contributed by atoms with E-state index >= 15 is 0 Å². The average molecular weight is 446 g/mol. The summed E-state index contributed by atoms with van der Waals surface area (Å²) < 4.78 is 10.4. The molecule has 0 radical (unpaired) electrons. The van der Waals surface area contributed by atoms with E-state index in [-0.39, 0.29) is 36.5 Å². The van der Waals surface area contributed by atoms with Crippen molar-refractivity contribution in [1.82, 2.24) is 15.3 Å². The summed E-state index contributed by atoms with van der Waals surface area (Å²) >= 11 is 0. The normalized spacial score (nSPS) is 25.9. The van der Waals surface area contributed by atoms with Crippen LogP contribution in [0.4, 0.5) is 0 Å². The molecule has 3 rings (SSSR count). The maximum absolute atomic E-state index is 12.9. The lowest BCUT2D eigenvalue weighted by atomic mass is 9.81. The number of methoxy groups -OCH3 is 1. The number of hydrogen-bond donors (Lipinski definition) is 1. The predicted octanol–water partition coefficient (Wildman–Crippen LogP) is 2.13. The van der Waals surface area contributed by atoms with Gasteiger partial charge in [-0.2, -0.15) is 0 Å². The molecule has 1 aliphatic carbocycles. The van der Waals surface area contributed by atoms with Crippen LogP contribution in [0.5, 0.6) is 0 Å². The summed E-state index contributed by atoms with van der Waals surface area (Å²) in [5, 5.41) is 1.49. The smallest absolute Gasteiger partial charge is 0.318 e. The molecular weight excluding hydrogens is 410 g/mol. The number of hydrazine groups is 1. The van der Waals surface area contributed by atoms with Crippen LogP contribution in [-0.4, -0.2) is 66.6 Å². The van der Waals surface area contributed by atoms with Gasteiger partial charge in [0.2, 0.25) is 0 Å². The van der Waals surface area contributed by atoms with Crippen LogP contribution in [0.15, 0.2) is 30.3 Å². The summed E-state index contributed by atoms with van der Waals surface area (Å²) in [7, 11) is 3.47. The van der Waals surface area contributed by atoms with Crippen LogP contribution in [0, 0.1) is 11.8 Å². The SMILES string of the molecule is COC(=O)[C@H]1C[C@H](N(C)C(C)C)CC[C@@H]1NN1CC[C@H](C(=O)OCc2ccccc2)C1=O. The fourth-order valence-corrected chi connectivity index (χ4v) is 4.56. The van der Waals surface area contributed by atoms with Crippen LogP contribution in [0.25, 0.3) is 0 Å². The van der Waals surface area contributed by atoms with Gasteiger partial charge in [0.25, 0.3) is 5.91 Å². The van der Waals surface area contributed by atoms with Crippen LogP contribution in [0.2, 0.25) is 0 Å². The van der Waals surface area contributed by atoms with E-state index in [9.17, 15) is 14.4 Å². The van der Waals surface area contributed by atoms with Gasteiger partial charge in [-0.05, 0) is 52.1 Å². The minimum atomic E-state index is -0.814. The maximum atomic E-state index is 12.9. The highest BCUT2D eigenvalue weighted by atomic mass is 16.5. The van der Waals surface area contributed by atoms with Gasteiger partial charge in [-0.3, -0.25) is 19.4 Å². The number of rotatable bonds is 8. The Labute approximate surface area is 190 Å². The van der Waals surface area contributed by atoms with Gasteiger partial charge in [0.1, 0.15) is 12.5 Å². The van der Waals surface area contributed by atoms with Gasteiger partial charge in [-0.15, -0.1) is 0 Å². The molecule has 0 bridgehead atoms. The lowest BCUT2D eigenvalue weighted by Crippen LogP contribution is -2.55. The molecule has 1 aliphatic heterocycles. The third kappa shape index (κ3) is 5.66. The molecule has 1 heterocycles. The van der Waals surface area contributed by atoms with Crippen molar-refractivity contribution in [2.45, 2.75) is 64.3 Å². The zero-order chi connectivity index (χ0) is 23.3. The predicted molar refractivity (Wildman–Crippen MR) is 119 cm³/mol. The lowest BCUT2D eigenvalue weighted by molar-refractivity contribution is -0.156. The number of nitrogens with zero attached hydrogens (tertiary/aromatic N) is 2. The molecule has 0 unspecified atom stereocenters. The zero-order valence-corrected chi connectivity index (χ0v) is 19.5. The van der Waals surface area contributed by atoms with E-state index in [4.69, 9.17) is 9.47 Å². The molecule has 1 aromatic carbocycles. The Balaban J connectivity index is 1.58. The summed E-state index contributed by atoms with van der Waals surface area (Å²) in [6.07, 6.45) is 2.73. The Morgan fingerprint density at radius 3 is 2.53 bits per heavy atom. The second kappa shape index (κ2) is 10.9. The average Bonchev–Trinajstić information content (AvgIpc) is 3.17. The molecule has 1 aromatic rings. The fourth-order valence-electron chi connectivity index (χ4n) is 4.56. The number of carbonyl (C=O) groups is 3. The number of carbonyl (C=O) groups excluding carboxylic acids is 3. The molecule has 0 aromatic heterocycles. The Morgan fingerprint density at radius 2 is 1.88 bits per heavy atom. The molecule has 1 saturated carbocycles. The fraction of sp³-hybridized carbons (Fsp3) is 0.625. The van der Waals surface area contributed by atoms with Gasteiger partial charge in [0.15, 0.2) is 0 Å². The molecule has 2 fully saturated rings. The van der Waals surface area contributed by atoms with E-state index in [0.29, 0.717) is 25.4 Å². The van der Waals surface area contributed by atoms with Crippen molar-refractivity contribution in [3.05, 3.63) is 35.9 Å². The highest BCUT2D eigenvalue weighted by Gasteiger charge is 2.43. The standard InChI is InChI=1S/C24H35N3O5/c1-16(2)26(3)18-10-11-21(20(14-18)23(29)31-4)25-27-13-12-19(22(27)28)24(30)32-15-17-8-6-5-7-9-17/h5-9,16,18-21,25H,10-15H2,1-4H3/t18-,19+,20+,21+/m1/s1. The van der Waals surface area contributed by atoms with Gasteiger partial charge in [0.05, 0.1) is 13.0 Å². The first-order chi connectivity index (χ1) is 15.3. The number of esters is 2. The summed E-state index contributed by atoms with van der Waals surface area (Å²) in [6.45, 7) is 4.83. The van der Waals surface area contributed by atoms with E-state index in [1.54, 1.807) is 0 Å². The van der Waals surface area contributed by atoms with E-state index in [2.05, 4.69) is 31.2 Å². The van der Waals surface area contributed by atoms with Gasteiger partial charge >= 0.3 is 11.9 Å². The molecule has 0 spiro atoms. The number of nitrogens with one attached hydrogen (secondary N) is 1. The minimum absolute atomic E-state index is 0.147. The molecular formula is C24H35N3O5. The van der Waals surface area contributed by atoms with Gasteiger partial charge in [-0.1, -0.05) is 30.3 Å². The molecule has 8 nitrogen and oxygen atoms in total. The third-order valence-corrected chi connectivity index (χ3v) is 6.75. The number of amides is 1. The third-order valence-electron chi connectivity index (χ3n) is 6.75. The molecule has 2 aliphatic rings. The highest BCUT2D eigenvalue weighted by Crippen LogP contribution is 2.31. The Morgan fingerprint density at radius 1 is 1.16 bits per heavy atom. The molecule has 4 atom stereocenters. The molecule has 1 saturated heterocycles. The van der Waals surface area contributed by atoms with Crippen molar-refractivity contribution >= 4 is 17.8 Å². The summed E-state index contributed by atoms with van der Waals surface area (Å²) in [5.41, 5.74) is 4.12. The van der Waals surface area contributed by atoms with Crippen molar-refractivity contribution in [2.75, 3.05) is 20.7 Å². The minimum Gasteiger partial charge on any atom is -0.469 e. The van der Waals surface area contributed by atoms with Crippen LogP contribution in [0.3, 0.4) is 0 Å². The largest absolute Gasteiger partial charge is 0.469 e. The number of ether oxygens (including phenoxy) is 2. The van der Waals surface area contributed by atoms with Crippen molar-refractivity contribution in [2.24, 2.45) is 11.8 Å². The monoisotopic (exact) mass is 445 g/mol. The molecule has 8 heteroatoms. The first-order valence-electron chi connectivity index (χ1n) is 11.4. The second-order valence-corrected chi connectivity index (χ2v) is 9.02. The van der Waals surface area contributed by atoms with Gasteiger partial charge < -0.3 is 14.4 Å². The van der Waals surface area contributed by atoms with Crippen LogP contribution < -0.4 is 5.43 Å². The summed E-state index contributed by atoms with van der Waals surface area (Å²) in [6, 6.07) is 9.85. The summed E-state index contributed by atoms with van der Waals surface area (Å²) in [5.74, 6) is -2.24. The van der Waals surface area contributed by atoms with E-state index in [0.717, 1.165) is 18.4 Å². The number of hydrogen-bond acceptors (Lipinski definition) is 7.